The monoisotopic (exact) mass is 959 g/mol. The molecule has 0 amide bonds. The molecule has 17 rings (SSSR count). The van der Waals surface area contributed by atoms with Crippen LogP contribution < -0.4 is 0 Å². The van der Waals surface area contributed by atoms with Gasteiger partial charge in [-0.05, 0) is 174 Å². The number of benzene rings is 14. The summed E-state index contributed by atoms with van der Waals surface area (Å²) in [6.45, 7) is 0. The zero-order valence-corrected chi connectivity index (χ0v) is 41.4. The van der Waals surface area contributed by atoms with E-state index in [2.05, 4.69) is 278 Å². The second-order valence-electron chi connectivity index (χ2n) is 20.9. The minimum absolute atomic E-state index is 0.510. The number of para-hydroxylation sites is 2. The first-order valence-corrected chi connectivity index (χ1v) is 26.6. The molecular formula is C75H45N. The Balaban J connectivity index is 0.876. The predicted octanol–water partition coefficient (Wildman–Crippen LogP) is 19.9. The smallest absolute Gasteiger partial charge is 0.0737 e. The molecule has 0 saturated carbocycles. The molecule has 0 fully saturated rings. The molecule has 0 saturated heterocycles. The van der Waals surface area contributed by atoms with Crippen molar-refractivity contribution in [3.8, 4) is 61.3 Å². The zero-order valence-electron chi connectivity index (χ0n) is 41.4. The van der Waals surface area contributed by atoms with Crippen molar-refractivity contribution in [3.05, 3.63) is 295 Å². The minimum Gasteiger partial charge on any atom is -0.309 e. The summed E-state index contributed by atoms with van der Waals surface area (Å²) in [5.74, 6) is 0. The summed E-state index contributed by atoms with van der Waals surface area (Å²) in [6.07, 6.45) is 0. The fourth-order valence-corrected chi connectivity index (χ4v) is 14.4. The Morgan fingerprint density at radius 3 is 1.43 bits per heavy atom. The normalized spacial score (nSPS) is 13.1. The van der Waals surface area contributed by atoms with Gasteiger partial charge in [0, 0.05) is 16.5 Å². The van der Waals surface area contributed by atoms with Gasteiger partial charge in [-0.1, -0.05) is 231 Å². The highest BCUT2D eigenvalue weighted by Gasteiger charge is 2.53. The number of rotatable bonds is 4. The summed E-state index contributed by atoms with van der Waals surface area (Å²) in [6, 6.07) is 103. The van der Waals surface area contributed by atoms with Crippen molar-refractivity contribution in [2.45, 2.75) is 5.41 Å². The SMILES string of the molecule is c1ccc(-n2c3ccccc3c3cc(-c4c5ccccc5c(-c5cccc(-c6ccc7c8c(c9ccccc9c7c6)-c6ccc7ccccc7c6C86c7ccccc7-c7ccccc76)c5)c5ccccc45)ccc32)cc1. The highest BCUT2D eigenvalue weighted by molar-refractivity contribution is 6.24. The van der Waals surface area contributed by atoms with E-state index < -0.39 is 5.41 Å². The quantitative estimate of drug-likeness (QED) is 0.122. The number of fused-ring (bicyclic) bond motifs is 22. The summed E-state index contributed by atoms with van der Waals surface area (Å²) < 4.78 is 2.40. The van der Waals surface area contributed by atoms with Crippen LogP contribution in [0.3, 0.4) is 0 Å². The third-order valence-electron chi connectivity index (χ3n) is 17.3. The lowest BCUT2D eigenvalue weighted by Gasteiger charge is -2.32. The highest BCUT2D eigenvalue weighted by atomic mass is 15.0. The molecule has 0 aliphatic heterocycles. The van der Waals surface area contributed by atoms with Gasteiger partial charge >= 0.3 is 0 Å². The molecular weight excluding hydrogens is 915 g/mol. The van der Waals surface area contributed by atoms with Crippen molar-refractivity contribution in [1.29, 1.82) is 0 Å². The molecule has 1 heteroatoms. The lowest BCUT2D eigenvalue weighted by Crippen LogP contribution is -2.26. The predicted molar refractivity (Wildman–Crippen MR) is 321 cm³/mol. The summed E-state index contributed by atoms with van der Waals surface area (Å²) in [5.41, 5.74) is 21.3. The molecule has 14 aromatic carbocycles. The van der Waals surface area contributed by atoms with Crippen molar-refractivity contribution in [1.82, 2.24) is 4.57 Å². The molecule has 76 heavy (non-hydrogen) atoms. The molecule has 1 spiro atoms. The molecule has 2 aliphatic rings. The van der Waals surface area contributed by atoms with Crippen LogP contribution in [0.25, 0.3) is 137 Å². The Hall–Kier alpha value is -9.82. The number of nitrogens with zero attached hydrogens (tertiary/aromatic N) is 1. The molecule has 2 aliphatic carbocycles. The van der Waals surface area contributed by atoms with Crippen LogP contribution in [0.2, 0.25) is 0 Å². The fraction of sp³-hybridized carbons (Fsp3) is 0.0133. The van der Waals surface area contributed by atoms with Gasteiger partial charge in [-0.25, -0.2) is 0 Å². The minimum atomic E-state index is -0.510. The van der Waals surface area contributed by atoms with Gasteiger partial charge in [0.1, 0.15) is 0 Å². The van der Waals surface area contributed by atoms with Crippen LogP contribution in [-0.2, 0) is 5.41 Å². The van der Waals surface area contributed by atoms with E-state index in [9.17, 15) is 0 Å². The van der Waals surface area contributed by atoms with Crippen LogP contribution in [0.4, 0.5) is 0 Å². The van der Waals surface area contributed by atoms with Crippen LogP contribution >= 0.6 is 0 Å². The standard InChI is InChI=1S/C75H45N/c1-2-22-51(23-3-1)76-68-36-17-14-28-56(68)65-45-50(39-42-69(65)76)71-60-32-10-8-30-58(60)70(59-31-9-11-33-61(59)71)49-21-18-20-47(43-49)48-38-40-62-64(44-48)53-25-6-7-29-57(53)72-63-41-37-46-19-4-5-24-52(46)73(63)75(74(62)72)66-34-15-12-26-54(66)55-27-13-16-35-67(55)75/h1-45H. The van der Waals surface area contributed by atoms with E-state index >= 15 is 0 Å². The van der Waals surface area contributed by atoms with E-state index in [0.29, 0.717) is 0 Å². The third-order valence-corrected chi connectivity index (χ3v) is 17.3. The first-order valence-electron chi connectivity index (χ1n) is 26.6. The van der Waals surface area contributed by atoms with E-state index in [1.807, 2.05) is 0 Å². The zero-order chi connectivity index (χ0) is 49.6. The number of hydrogen-bond acceptors (Lipinski definition) is 0. The maximum Gasteiger partial charge on any atom is 0.0737 e. The average Bonchev–Trinajstić information content (AvgIpc) is 4.31. The van der Waals surface area contributed by atoms with Gasteiger partial charge in [0.15, 0.2) is 0 Å². The molecule has 1 heterocycles. The lowest BCUT2D eigenvalue weighted by molar-refractivity contribution is 0.809. The first-order chi connectivity index (χ1) is 37.7. The molecule has 1 nitrogen and oxygen atoms in total. The number of hydrogen-bond donors (Lipinski definition) is 0. The Bertz CT molecular complexity index is 4890. The van der Waals surface area contributed by atoms with Crippen molar-refractivity contribution in [2.24, 2.45) is 0 Å². The largest absolute Gasteiger partial charge is 0.309 e. The van der Waals surface area contributed by atoms with Crippen molar-refractivity contribution < 1.29 is 0 Å². The highest BCUT2D eigenvalue weighted by Crippen LogP contribution is 2.66. The maximum atomic E-state index is 2.49. The lowest BCUT2D eigenvalue weighted by atomic mass is 9.68. The van der Waals surface area contributed by atoms with Gasteiger partial charge in [-0.2, -0.15) is 0 Å². The topological polar surface area (TPSA) is 4.93 Å². The first kappa shape index (κ1) is 41.6. The van der Waals surface area contributed by atoms with E-state index in [-0.39, 0.29) is 0 Å². The van der Waals surface area contributed by atoms with Crippen LogP contribution in [0.1, 0.15) is 22.3 Å². The van der Waals surface area contributed by atoms with Gasteiger partial charge in [0.05, 0.1) is 16.4 Å². The van der Waals surface area contributed by atoms with Crippen LogP contribution in [-0.4, -0.2) is 4.57 Å². The van der Waals surface area contributed by atoms with Crippen molar-refractivity contribution in [2.75, 3.05) is 0 Å². The molecule has 0 atom stereocenters. The molecule has 0 unspecified atom stereocenters. The van der Waals surface area contributed by atoms with Gasteiger partial charge in [0.25, 0.3) is 0 Å². The maximum absolute atomic E-state index is 2.49. The van der Waals surface area contributed by atoms with E-state index in [1.54, 1.807) is 0 Å². The van der Waals surface area contributed by atoms with E-state index in [0.717, 1.165) is 0 Å². The molecule has 1 aromatic heterocycles. The fourth-order valence-electron chi connectivity index (χ4n) is 14.4. The van der Waals surface area contributed by atoms with E-state index in [4.69, 9.17) is 0 Å². The Kier molecular flexibility index (Phi) is 8.55. The summed E-state index contributed by atoms with van der Waals surface area (Å²) >= 11 is 0. The van der Waals surface area contributed by atoms with Gasteiger partial charge < -0.3 is 4.57 Å². The van der Waals surface area contributed by atoms with Gasteiger partial charge in [-0.3, -0.25) is 0 Å². The summed E-state index contributed by atoms with van der Waals surface area (Å²) in [4.78, 5) is 0. The molecule has 15 aromatic rings. The second-order valence-corrected chi connectivity index (χ2v) is 20.9. The molecule has 0 bridgehead atoms. The Morgan fingerprint density at radius 1 is 0.237 bits per heavy atom. The van der Waals surface area contributed by atoms with Crippen LogP contribution in [0.5, 0.6) is 0 Å². The average molecular weight is 960 g/mol. The van der Waals surface area contributed by atoms with E-state index in [1.165, 1.54) is 159 Å². The number of aromatic nitrogens is 1. The molecule has 0 N–H and O–H groups in total. The summed E-state index contributed by atoms with van der Waals surface area (Å²) in [5, 5.41) is 15.2. The van der Waals surface area contributed by atoms with Crippen molar-refractivity contribution in [3.63, 3.8) is 0 Å². The van der Waals surface area contributed by atoms with Crippen molar-refractivity contribution >= 4 is 75.7 Å². The third kappa shape index (κ3) is 5.48. The van der Waals surface area contributed by atoms with Gasteiger partial charge in [0.2, 0.25) is 0 Å². The molecule has 0 radical (unpaired) electrons. The Morgan fingerprint density at radius 2 is 0.737 bits per heavy atom. The Labute approximate surface area is 439 Å². The van der Waals surface area contributed by atoms with Crippen LogP contribution in [0.15, 0.2) is 273 Å². The molecule has 350 valence electrons. The van der Waals surface area contributed by atoms with Crippen LogP contribution in [0, 0.1) is 0 Å². The van der Waals surface area contributed by atoms with Gasteiger partial charge in [-0.15, -0.1) is 0 Å². The summed E-state index contributed by atoms with van der Waals surface area (Å²) in [7, 11) is 0. The second kappa shape index (κ2) is 15.6.